The molecule has 0 heterocycles. The van der Waals surface area contributed by atoms with Gasteiger partial charge in [-0.2, -0.15) is 0 Å². The molecule has 0 saturated heterocycles. The number of hydrogen-bond acceptors (Lipinski definition) is 1. The van der Waals surface area contributed by atoms with Gasteiger partial charge in [-0.25, -0.2) is 0 Å². The number of nitrogens with one attached hydrogen (secondary N) is 1. The van der Waals surface area contributed by atoms with E-state index in [1.165, 1.54) is 36.8 Å². The minimum absolute atomic E-state index is 0.188. The molecule has 0 aliphatic heterocycles. The molecule has 21 heavy (non-hydrogen) atoms. The second-order valence-electron chi connectivity index (χ2n) is 8.31. The third-order valence-electron chi connectivity index (χ3n) is 5.51. The van der Waals surface area contributed by atoms with Crippen LogP contribution in [0.2, 0.25) is 0 Å². The van der Waals surface area contributed by atoms with Crippen LogP contribution in [-0.2, 0) is 5.41 Å². The molecule has 1 aromatic rings. The van der Waals surface area contributed by atoms with Crippen molar-refractivity contribution in [2.45, 2.75) is 78.2 Å². The Kier molecular flexibility index (Phi) is 4.54. The van der Waals surface area contributed by atoms with E-state index in [0.29, 0.717) is 10.8 Å². The van der Waals surface area contributed by atoms with E-state index in [4.69, 9.17) is 0 Å². The molecule has 0 radical (unpaired) electrons. The normalized spacial score (nSPS) is 20.1. The molecule has 1 aromatic carbocycles. The molecule has 0 atom stereocenters. The van der Waals surface area contributed by atoms with Crippen molar-refractivity contribution in [3.05, 3.63) is 35.4 Å². The fourth-order valence-electron chi connectivity index (χ4n) is 3.97. The van der Waals surface area contributed by atoms with E-state index in [9.17, 15) is 0 Å². The first kappa shape index (κ1) is 16.5. The van der Waals surface area contributed by atoms with Crippen molar-refractivity contribution in [2.75, 3.05) is 6.54 Å². The Morgan fingerprint density at radius 2 is 1.71 bits per heavy atom. The van der Waals surface area contributed by atoms with Gasteiger partial charge in [0, 0.05) is 17.5 Å². The second-order valence-corrected chi connectivity index (χ2v) is 8.31. The maximum Gasteiger partial charge on any atom is 0.00968 e. The standard InChI is InChI=1S/C20H33N/c1-7-19(8-2)13-20(14-19,15-21-18(4,5)6)17-11-9-10-16(3)12-17/h9-12,21H,7-8,13-15H2,1-6H3. The predicted octanol–water partition coefficient (Wildman–Crippen LogP) is 5.22. The summed E-state index contributed by atoms with van der Waals surface area (Å²) in [7, 11) is 0. The third kappa shape index (κ3) is 3.51. The second kappa shape index (κ2) is 5.76. The van der Waals surface area contributed by atoms with Crippen LogP contribution in [0.15, 0.2) is 24.3 Å². The SMILES string of the molecule is CCC1(CC)CC(CNC(C)(C)C)(c2cccc(C)c2)C1. The summed E-state index contributed by atoms with van der Waals surface area (Å²) in [5.41, 5.74) is 4.02. The van der Waals surface area contributed by atoms with Crippen LogP contribution in [0.3, 0.4) is 0 Å². The summed E-state index contributed by atoms with van der Waals surface area (Å²) < 4.78 is 0. The van der Waals surface area contributed by atoms with Gasteiger partial charge in [-0.05, 0) is 51.5 Å². The Labute approximate surface area is 131 Å². The van der Waals surface area contributed by atoms with E-state index in [0.717, 1.165) is 6.54 Å². The molecule has 1 fully saturated rings. The summed E-state index contributed by atoms with van der Waals surface area (Å²) in [6.45, 7) is 14.8. The summed E-state index contributed by atoms with van der Waals surface area (Å²) in [6, 6.07) is 9.17. The smallest absolute Gasteiger partial charge is 0.00968 e. The number of aryl methyl sites for hydroxylation is 1. The average molecular weight is 287 g/mol. The average Bonchev–Trinajstić information content (AvgIpc) is 2.37. The molecular weight excluding hydrogens is 254 g/mol. The summed E-state index contributed by atoms with van der Waals surface area (Å²) in [5, 5.41) is 3.77. The maximum atomic E-state index is 3.77. The Morgan fingerprint density at radius 1 is 1.10 bits per heavy atom. The Morgan fingerprint density at radius 3 is 2.19 bits per heavy atom. The zero-order chi connectivity index (χ0) is 15.7. The predicted molar refractivity (Wildman–Crippen MR) is 92.9 cm³/mol. The first-order valence-corrected chi connectivity index (χ1v) is 8.56. The monoisotopic (exact) mass is 287 g/mol. The van der Waals surface area contributed by atoms with Gasteiger partial charge in [-0.1, -0.05) is 56.5 Å². The van der Waals surface area contributed by atoms with Crippen LogP contribution in [0.5, 0.6) is 0 Å². The fourth-order valence-corrected chi connectivity index (χ4v) is 3.97. The lowest BCUT2D eigenvalue weighted by atomic mass is 9.48. The van der Waals surface area contributed by atoms with Gasteiger partial charge in [0.1, 0.15) is 0 Å². The van der Waals surface area contributed by atoms with Crippen LogP contribution < -0.4 is 5.32 Å². The van der Waals surface area contributed by atoms with Crippen LogP contribution in [-0.4, -0.2) is 12.1 Å². The molecule has 0 amide bonds. The molecular formula is C20H33N. The fraction of sp³-hybridized carbons (Fsp3) is 0.700. The van der Waals surface area contributed by atoms with Gasteiger partial charge in [0.05, 0.1) is 0 Å². The first-order valence-electron chi connectivity index (χ1n) is 8.56. The lowest BCUT2D eigenvalue weighted by Crippen LogP contribution is -2.56. The van der Waals surface area contributed by atoms with E-state index in [-0.39, 0.29) is 5.54 Å². The lowest BCUT2D eigenvalue weighted by Gasteiger charge is -2.57. The van der Waals surface area contributed by atoms with Crippen LogP contribution in [0, 0.1) is 12.3 Å². The van der Waals surface area contributed by atoms with Gasteiger partial charge in [-0.3, -0.25) is 0 Å². The highest BCUT2D eigenvalue weighted by Gasteiger charge is 2.53. The minimum Gasteiger partial charge on any atom is -0.311 e. The zero-order valence-electron chi connectivity index (χ0n) is 14.8. The van der Waals surface area contributed by atoms with Crippen molar-refractivity contribution in [3.63, 3.8) is 0 Å². The van der Waals surface area contributed by atoms with Crippen molar-refractivity contribution in [1.82, 2.24) is 5.32 Å². The Balaban J connectivity index is 2.25. The molecule has 1 nitrogen and oxygen atoms in total. The number of rotatable bonds is 5. The van der Waals surface area contributed by atoms with Crippen LogP contribution in [0.4, 0.5) is 0 Å². The van der Waals surface area contributed by atoms with Gasteiger partial charge in [-0.15, -0.1) is 0 Å². The van der Waals surface area contributed by atoms with Crippen molar-refractivity contribution < 1.29 is 0 Å². The van der Waals surface area contributed by atoms with Gasteiger partial charge in [0.25, 0.3) is 0 Å². The third-order valence-corrected chi connectivity index (χ3v) is 5.51. The topological polar surface area (TPSA) is 12.0 Å². The van der Waals surface area contributed by atoms with Crippen LogP contribution >= 0.6 is 0 Å². The summed E-state index contributed by atoms with van der Waals surface area (Å²) in [6.07, 6.45) is 5.29. The summed E-state index contributed by atoms with van der Waals surface area (Å²) in [5.74, 6) is 0. The molecule has 118 valence electrons. The zero-order valence-corrected chi connectivity index (χ0v) is 14.8. The highest BCUT2D eigenvalue weighted by molar-refractivity contribution is 5.34. The molecule has 2 rings (SSSR count). The maximum absolute atomic E-state index is 3.77. The van der Waals surface area contributed by atoms with E-state index in [1.807, 2.05) is 0 Å². The van der Waals surface area contributed by atoms with E-state index < -0.39 is 0 Å². The van der Waals surface area contributed by atoms with E-state index in [1.54, 1.807) is 0 Å². The van der Waals surface area contributed by atoms with E-state index >= 15 is 0 Å². The highest BCUT2D eigenvalue weighted by atomic mass is 15.0. The van der Waals surface area contributed by atoms with Crippen LogP contribution in [0.25, 0.3) is 0 Å². The molecule has 0 aromatic heterocycles. The summed E-state index contributed by atoms with van der Waals surface area (Å²) in [4.78, 5) is 0. The quantitative estimate of drug-likeness (QED) is 0.782. The van der Waals surface area contributed by atoms with Crippen molar-refractivity contribution in [2.24, 2.45) is 5.41 Å². The largest absolute Gasteiger partial charge is 0.311 e. The number of benzene rings is 1. The Bertz CT molecular complexity index is 469. The summed E-state index contributed by atoms with van der Waals surface area (Å²) >= 11 is 0. The van der Waals surface area contributed by atoms with Gasteiger partial charge in [0.2, 0.25) is 0 Å². The molecule has 1 aliphatic rings. The molecule has 1 saturated carbocycles. The number of hydrogen-bond donors (Lipinski definition) is 1. The molecule has 0 unspecified atom stereocenters. The van der Waals surface area contributed by atoms with Crippen molar-refractivity contribution in [3.8, 4) is 0 Å². The van der Waals surface area contributed by atoms with Crippen LogP contribution in [0.1, 0.15) is 71.4 Å². The van der Waals surface area contributed by atoms with Gasteiger partial charge in [0.15, 0.2) is 0 Å². The van der Waals surface area contributed by atoms with E-state index in [2.05, 4.69) is 71.1 Å². The van der Waals surface area contributed by atoms with Gasteiger partial charge >= 0.3 is 0 Å². The molecule has 1 aliphatic carbocycles. The van der Waals surface area contributed by atoms with Crippen molar-refractivity contribution >= 4 is 0 Å². The lowest BCUT2D eigenvalue weighted by molar-refractivity contribution is 0.00940. The molecule has 0 bridgehead atoms. The minimum atomic E-state index is 0.188. The molecule has 1 N–H and O–H groups in total. The Hall–Kier alpha value is -0.820. The first-order chi connectivity index (χ1) is 9.74. The molecule has 0 spiro atoms. The highest BCUT2D eigenvalue weighted by Crippen LogP contribution is 2.59. The molecule has 1 heteroatoms. The van der Waals surface area contributed by atoms with Crippen molar-refractivity contribution in [1.29, 1.82) is 0 Å². The van der Waals surface area contributed by atoms with Gasteiger partial charge < -0.3 is 5.32 Å².